The summed E-state index contributed by atoms with van der Waals surface area (Å²) in [7, 11) is 0. The lowest BCUT2D eigenvalue weighted by Crippen LogP contribution is -2.53. The van der Waals surface area contributed by atoms with Crippen molar-refractivity contribution in [2.75, 3.05) is 19.6 Å². The first kappa shape index (κ1) is 15.2. The highest BCUT2D eigenvalue weighted by molar-refractivity contribution is 7.13. The van der Waals surface area contributed by atoms with E-state index in [0.717, 1.165) is 35.8 Å². The minimum Gasteiger partial charge on any atom is -0.342 e. The molecule has 1 amide bonds. The normalized spacial score (nSPS) is 14.9. The van der Waals surface area contributed by atoms with Gasteiger partial charge in [-0.1, -0.05) is 31.2 Å². The van der Waals surface area contributed by atoms with E-state index in [2.05, 4.69) is 36.2 Å². The minimum absolute atomic E-state index is 0.155. The molecule has 1 aromatic heterocycles. The molecule has 2 N–H and O–H groups in total. The van der Waals surface area contributed by atoms with Gasteiger partial charge in [0.25, 0.3) is 0 Å². The molecule has 0 spiro atoms. The van der Waals surface area contributed by atoms with Crippen LogP contribution in [0.25, 0.3) is 10.6 Å². The van der Waals surface area contributed by atoms with Gasteiger partial charge in [0.1, 0.15) is 5.01 Å². The van der Waals surface area contributed by atoms with Gasteiger partial charge in [0.15, 0.2) is 0 Å². The van der Waals surface area contributed by atoms with Crippen molar-refractivity contribution < 1.29 is 4.79 Å². The molecule has 1 aliphatic rings. The van der Waals surface area contributed by atoms with Gasteiger partial charge < -0.3 is 10.6 Å². The third-order valence-corrected chi connectivity index (χ3v) is 5.08. The quantitative estimate of drug-likeness (QED) is 0.921. The molecule has 1 fully saturated rings. The summed E-state index contributed by atoms with van der Waals surface area (Å²) in [4.78, 5) is 18.6. The molecule has 0 aliphatic carbocycles. The van der Waals surface area contributed by atoms with Crippen LogP contribution in [0.3, 0.4) is 0 Å². The van der Waals surface area contributed by atoms with E-state index in [1.54, 1.807) is 11.3 Å². The van der Waals surface area contributed by atoms with Crippen molar-refractivity contribution in [3.63, 3.8) is 0 Å². The number of likely N-dealkylation sites (tertiary alicyclic amines) is 1. The van der Waals surface area contributed by atoms with E-state index in [9.17, 15) is 4.79 Å². The van der Waals surface area contributed by atoms with Gasteiger partial charge in [-0.25, -0.2) is 4.98 Å². The van der Waals surface area contributed by atoms with Gasteiger partial charge in [0.2, 0.25) is 5.91 Å². The van der Waals surface area contributed by atoms with Gasteiger partial charge in [0, 0.05) is 30.0 Å². The first-order chi connectivity index (χ1) is 10.7. The Morgan fingerprint density at radius 3 is 2.73 bits per heavy atom. The Bertz CT molecular complexity index is 644. The fourth-order valence-electron chi connectivity index (χ4n) is 2.59. The van der Waals surface area contributed by atoms with E-state index in [4.69, 9.17) is 5.73 Å². The highest BCUT2D eigenvalue weighted by Gasteiger charge is 2.29. The van der Waals surface area contributed by atoms with E-state index in [0.29, 0.717) is 18.9 Å². The van der Waals surface area contributed by atoms with Gasteiger partial charge >= 0.3 is 0 Å². The third-order valence-electron chi connectivity index (χ3n) is 4.14. The molecule has 2 aromatic rings. The Hall–Kier alpha value is -1.72. The maximum absolute atomic E-state index is 12.1. The molecule has 1 aromatic carbocycles. The van der Waals surface area contributed by atoms with Crippen LogP contribution in [0.15, 0.2) is 29.6 Å². The van der Waals surface area contributed by atoms with Crippen LogP contribution in [0.2, 0.25) is 0 Å². The summed E-state index contributed by atoms with van der Waals surface area (Å²) in [6.45, 7) is 4.40. The maximum Gasteiger partial charge on any atom is 0.228 e. The minimum atomic E-state index is 0.155. The number of aryl methyl sites for hydroxylation is 1. The Morgan fingerprint density at radius 1 is 1.36 bits per heavy atom. The maximum atomic E-state index is 12.1. The number of rotatable bonds is 5. The van der Waals surface area contributed by atoms with Crippen LogP contribution in [0.4, 0.5) is 0 Å². The third kappa shape index (κ3) is 3.20. The molecule has 5 heteroatoms. The van der Waals surface area contributed by atoms with E-state index in [-0.39, 0.29) is 5.91 Å². The molecule has 0 radical (unpaired) electrons. The van der Waals surface area contributed by atoms with Crippen molar-refractivity contribution in [3.05, 3.63) is 40.9 Å². The number of carbonyl (C=O) groups excluding carboxylic acids is 1. The molecule has 22 heavy (non-hydrogen) atoms. The van der Waals surface area contributed by atoms with Gasteiger partial charge in [-0.2, -0.15) is 0 Å². The Morgan fingerprint density at radius 2 is 2.09 bits per heavy atom. The summed E-state index contributed by atoms with van der Waals surface area (Å²) in [5.74, 6) is 0.634. The fraction of sp³-hybridized carbons (Fsp3) is 0.412. The second-order valence-corrected chi connectivity index (χ2v) is 6.63. The molecule has 0 unspecified atom stereocenters. The molecule has 4 nitrogen and oxygen atoms in total. The molecule has 0 bridgehead atoms. The number of hydrogen-bond donors (Lipinski definition) is 1. The van der Waals surface area contributed by atoms with Crippen LogP contribution in [0, 0.1) is 5.92 Å². The summed E-state index contributed by atoms with van der Waals surface area (Å²) in [5.41, 5.74) is 8.89. The summed E-state index contributed by atoms with van der Waals surface area (Å²) in [6, 6.07) is 8.47. The van der Waals surface area contributed by atoms with Gasteiger partial charge in [-0.05, 0) is 18.5 Å². The zero-order valence-electron chi connectivity index (χ0n) is 12.8. The van der Waals surface area contributed by atoms with E-state index >= 15 is 0 Å². The fourth-order valence-corrected chi connectivity index (χ4v) is 3.42. The van der Waals surface area contributed by atoms with Gasteiger partial charge in [-0.3, -0.25) is 4.79 Å². The molecule has 1 aliphatic heterocycles. The smallest absolute Gasteiger partial charge is 0.228 e. The monoisotopic (exact) mass is 315 g/mol. The lowest BCUT2D eigenvalue weighted by atomic mass is 10.00. The highest BCUT2D eigenvalue weighted by atomic mass is 32.1. The average molecular weight is 315 g/mol. The summed E-state index contributed by atoms with van der Waals surface area (Å²) in [5, 5.41) is 2.97. The highest BCUT2D eigenvalue weighted by Crippen LogP contribution is 2.25. The molecule has 1 saturated heterocycles. The van der Waals surface area contributed by atoms with Crippen molar-refractivity contribution in [1.82, 2.24) is 9.88 Å². The molecular weight excluding hydrogens is 294 g/mol. The number of amides is 1. The van der Waals surface area contributed by atoms with Crippen LogP contribution in [0.1, 0.15) is 18.2 Å². The predicted octanol–water partition coefficient (Wildman–Crippen LogP) is 2.33. The van der Waals surface area contributed by atoms with Crippen LogP contribution in [-0.4, -0.2) is 35.4 Å². The van der Waals surface area contributed by atoms with E-state index in [1.165, 1.54) is 5.56 Å². The van der Waals surface area contributed by atoms with Crippen molar-refractivity contribution >= 4 is 17.2 Å². The first-order valence-corrected chi connectivity index (χ1v) is 8.59. The number of nitrogens with zero attached hydrogens (tertiary/aromatic N) is 2. The lowest BCUT2D eigenvalue weighted by molar-refractivity contribution is -0.136. The number of hydrogen-bond acceptors (Lipinski definition) is 4. The molecule has 0 saturated carbocycles. The largest absolute Gasteiger partial charge is 0.342 e. The van der Waals surface area contributed by atoms with Crippen LogP contribution < -0.4 is 5.73 Å². The summed E-state index contributed by atoms with van der Waals surface area (Å²) >= 11 is 1.60. The molecule has 3 rings (SSSR count). The Kier molecular flexibility index (Phi) is 4.55. The molecule has 116 valence electrons. The second-order valence-electron chi connectivity index (χ2n) is 5.77. The van der Waals surface area contributed by atoms with Crippen molar-refractivity contribution in [1.29, 1.82) is 0 Å². The lowest BCUT2D eigenvalue weighted by Gasteiger charge is -2.38. The SMILES string of the molecule is CCc1ccc(-c2nc(CC(=O)N3CC(CN)C3)cs2)cc1. The van der Waals surface area contributed by atoms with Gasteiger partial charge in [0.05, 0.1) is 12.1 Å². The number of thiazole rings is 1. The van der Waals surface area contributed by atoms with Crippen LogP contribution in [-0.2, 0) is 17.6 Å². The number of aromatic nitrogens is 1. The predicted molar refractivity (Wildman–Crippen MR) is 89.8 cm³/mol. The standard InChI is InChI=1S/C17H21N3OS/c1-2-12-3-5-14(6-4-12)17-19-15(11-22-17)7-16(21)20-9-13(8-18)10-20/h3-6,11,13H,2,7-10,18H2,1H3. The molecule has 0 atom stereocenters. The summed E-state index contributed by atoms with van der Waals surface area (Å²) < 4.78 is 0. The van der Waals surface area contributed by atoms with E-state index in [1.807, 2.05) is 10.3 Å². The van der Waals surface area contributed by atoms with Gasteiger partial charge in [-0.15, -0.1) is 11.3 Å². The van der Waals surface area contributed by atoms with Crippen molar-refractivity contribution in [3.8, 4) is 10.6 Å². The summed E-state index contributed by atoms with van der Waals surface area (Å²) in [6.07, 6.45) is 1.43. The zero-order valence-corrected chi connectivity index (χ0v) is 13.6. The number of benzene rings is 1. The zero-order chi connectivity index (χ0) is 15.5. The second kappa shape index (κ2) is 6.58. The Labute approximate surface area is 135 Å². The van der Waals surface area contributed by atoms with Crippen molar-refractivity contribution in [2.45, 2.75) is 19.8 Å². The molecule has 2 heterocycles. The first-order valence-electron chi connectivity index (χ1n) is 7.71. The molecular formula is C17H21N3OS. The number of nitrogens with two attached hydrogens (primary N) is 1. The average Bonchev–Trinajstić information content (AvgIpc) is 2.95. The van der Waals surface area contributed by atoms with Crippen molar-refractivity contribution in [2.24, 2.45) is 11.7 Å². The van der Waals surface area contributed by atoms with E-state index < -0.39 is 0 Å². The van der Waals surface area contributed by atoms with Crippen LogP contribution in [0.5, 0.6) is 0 Å². The van der Waals surface area contributed by atoms with Crippen LogP contribution >= 0.6 is 11.3 Å². The Balaban J connectivity index is 1.62. The number of carbonyl (C=O) groups is 1. The topological polar surface area (TPSA) is 59.2 Å².